The standard InChI is InChI=1S/C16H15Cl2NO/c1-10-6-7-13(17)8-12(10)9-19-16(20)14-5-3-4-11(2)15(14)18/h3-8H,9H2,1-2H3,(H,19,20). The summed E-state index contributed by atoms with van der Waals surface area (Å²) in [6, 6.07) is 11.0. The quantitative estimate of drug-likeness (QED) is 0.886. The van der Waals surface area contributed by atoms with Crippen LogP contribution in [-0.4, -0.2) is 5.91 Å². The first-order chi connectivity index (χ1) is 9.49. The lowest BCUT2D eigenvalue weighted by atomic mass is 10.1. The average molecular weight is 308 g/mol. The summed E-state index contributed by atoms with van der Waals surface area (Å²) in [7, 11) is 0. The highest BCUT2D eigenvalue weighted by Gasteiger charge is 2.11. The molecule has 0 saturated heterocycles. The Bertz CT molecular complexity index is 653. The van der Waals surface area contributed by atoms with Gasteiger partial charge in [0.25, 0.3) is 5.91 Å². The van der Waals surface area contributed by atoms with Crippen LogP contribution >= 0.6 is 23.2 Å². The van der Waals surface area contributed by atoms with E-state index in [2.05, 4.69) is 5.32 Å². The fraction of sp³-hybridized carbons (Fsp3) is 0.188. The van der Waals surface area contributed by atoms with Crippen molar-refractivity contribution in [1.82, 2.24) is 5.32 Å². The number of nitrogens with one attached hydrogen (secondary N) is 1. The summed E-state index contributed by atoms with van der Waals surface area (Å²) in [6.07, 6.45) is 0. The molecule has 0 aliphatic rings. The van der Waals surface area contributed by atoms with Crippen LogP contribution in [0.1, 0.15) is 27.0 Å². The van der Waals surface area contributed by atoms with Gasteiger partial charge in [-0.15, -0.1) is 0 Å². The molecule has 0 atom stereocenters. The van der Waals surface area contributed by atoms with Crippen LogP contribution in [0.25, 0.3) is 0 Å². The second-order valence-electron chi connectivity index (χ2n) is 4.69. The van der Waals surface area contributed by atoms with Gasteiger partial charge in [-0.3, -0.25) is 4.79 Å². The Morgan fingerprint density at radius 1 is 1.10 bits per heavy atom. The van der Waals surface area contributed by atoms with Gasteiger partial charge < -0.3 is 5.32 Å². The van der Waals surface area contributed by atoms with Gasteiger partial charge in [0.2, 0.25) is 0 Å². The first-order valence-electron chi connectivity index (χ1n) is 6.27. The van der Waals surface area contributed by atoms with Crippen molar-refractivity contribution in [3.63, 3.8) is 0 Å². The van der Waals surface area contributed by atoms with Crippen LogP contribution in [0.3, 0.4) is 0 Å². The topological polar surface area (TPSA) is 29.1 Å². The van der Waals surface area contributed by atoms with E-state index in [1.807, 2.05) is 44.2 Å². The number of carbonyl (C=O) groups excluding carboxylic acids is 1. The SMILES string of the molecule is Cc1ccc(Cl)cc1CNC(=O)c1cccc(C)c1Cl. The van der Waals surface area contributed by atoms with Crippen molar-refractivity contribution in [3.8, 4) is 0 Å². The normalized spacial score (nSPS) is 10.4. The van der Waals surface area contributed by atoms with E-state index in [0.717, 1.165) is 16.7 Å². The minimum absolute atomic E-state index is 0.182. The molecule has 0 fully saturated rings. The average Bonchev–Trinajstić information content (AvgIpc) is 2.42. The number of hydrogen-bond acceptors (Lipinski definition) is 1. The number of benzene rings is 2. The van der Waals surface area contributed by atoms with Crippen molar-refractivity contribution in [1.29, 1.82) is 0 Å². The molecule has 1 N–H and O–H groups in total. The zero-order chi connectivity index (χ0) is 14.7. The largest absolute Gasteiger partial charge is 0.348 e. The number of aryl methyl sites for hydroxylation is 2. The summed E-state index contributed by atoms with van der Waals surface area (Å²) in [6.45, 7) is 4.28. The summed E-state index contributed by atoms with van der Waals surface area (Å²) in [5.74, 6) is -0.182. The Morgan fingerprint density at radius 3 is 2.60 bits per heavy atom. The van der Waals surface area contributed by atoms with Crippen molar-refractivity contribution in [2.75, 3.05) is 0 Å². The fourth-order valence-electron chi connectivity index (χ4n) is 1.92. The highest BCUT2D eigenvalue weighted by molar-refractivity contribution is 6.34. The van der Waals surface area contributed by atoms with Crippen molar-refractivity contribution < 1.29 is 4.79 Å². The minimum Gasteiger partial charge on any atom is -0.348 e. The number of carbonyl (C=O) groups is 1. The molecule has 0 unspecified atom stereocenters. The van der Waals surface area contributed by atoms with E-state index < -0.39 is 0 Å². The summed E-state index contributed by atoms with van der Waals surface area (Å²) in [5.41, 5.74) is 3.46. The Labute approximate surface area is 128 Å². The fourth-order valence-corrected chi connectivity index (χ4v) is 2.33. The third kappa shape index (κ3) is 3.33. The first-order valence-corrected chi connectivity index (χ1v) is 7.03. The predicted octanol–water partition coefficient (Wildman–Crippen LogP) is 4.54. The van der Waals surface area contributed by atoms with E-state index in [9.17, 15) is 4.79 Å². The van der Waals surface area contributed by atoms with Gasteiger partial charge in [-0.25, -0.2) is 0 Å². The van der Waals surface area contributed by atoms with E-state index in [1.54, 1.807) is 6.07 Å². The van der Waals surface area contributed by atoms with Gasteiger partial charge in [-0.1, -0.05) is 41.4 Å². The highest BCUT2D eigenvalue weighted by atomic mass is 35.5. The van der Waals surface area contributed by atoms with Crippen molar-refractivity contribution in [2.24, 2.45) is 0 Å². The Balaban J connectivity index is 2.13. The van der Waals surface area contributed by atoms with Crippen LogP contribution < -0.4 is 5.32 Å². The van der Waals surface area contributed by atoms with E-state index in [-0.39, 0.29) is 5.91 Å². The van der Waals surface area contributed by atoms with E-state index in [1.165, 1.54) is 0 Å². The van der Waals surface area contributed by atoms with E-state index in [0.29, 0.717) is 22.2 Å². The number of rotatable bonds is 3. The summed E-state index contributed by atoms with van der Waals surface area (Å²) in [5, 5.41) is 4.02. The molecule has 104 valence electrons. The highest BCUT2D eigenvalue weighted by Crippen LogP contribution is 2.20. The monoisotopic (exact) mass is 307 g/mol. The molecule has 0 aliphatic carbocycles. The van der Waals surface area contributed by atoms with Gasteiger partial charge in [0.1, 0.15) is 0 Å². The van der Waals surface area contributed by atoms with Gasteiger partial charge >= 0.3 is 0 Å². The lowest BCUT2D eigenvalue weighted by molar-refractivity contribution is 0.0951. The lowest BCUT2D eigenvalue weighted by Crippen LogP contribution is -2.23. The summed E-state index contributed by atoms with van der Waals surface area (Å²) >= 11 is 12.1. The second kappa shape index (κ2) is 6.29. The van der Waals surface area contributed by atoms with Gasteiger partial charge in [0.15, 0.2) is 0 Å². The molecular weight excluding hydrogens is 293 g/mol. The zero-order valence-electron chi connectivity index (χ0n) is 11.3. The van der Waals surface area contributed by atoms with Crippen LogP contribution in [0.15, 0.2) is 36.4 Å². The Kier molecular flexibility index (Phi) is 4.69. The summed E-state index contributed by atoms with van der Waals surface area (Å²) < 4.78 is 0. The molecule has 1 amide bonds. The Morgan fingerprint density at radius 2 is 1.85 bits per heavy atom. The molecule has 0 radical (unpaired) electrons. The molecule has 2 aromatic rings. The second-order valence-corrected chi connectivity index (χ2v) is 5.50. The van der Waals surface area contributed by atoms with Crippen molar-refractivity contribution in [3.05, 3.63) is 68.7 Å². The maximum atomic E-state index is 12.2. The molecule has 20 heavy (non-hydrogen) atoms. The third-order valence-corrected chi connectivity index (χ3v) is 3.92. The van der Waals surface area contributed by atoms with E-state index >= 15 is 0 Å². The van der Waals surface area contributed by atoms with Crippen LogP contribution in [-0.2, 0) is 6.54 Å². The number of halogens is 2. The van der Waals surface area contributed by atoms with Crippen LogP contribution in [0.5, 0.6) is 0 Å². The van der Waals surface area contributed by atoms with Crippen molar-refractivity contribution in [2.45, 2.75) is 20.4 Å². The minimum atomic E-state index is -0.182. The molecule has 0 heterocycles. The smallest absolute Gasteiger partial charge is 0.253 e. The number of amides is 1. The van der Waals surface area contributed by atoms with Crippen LogP contribution in [0.4, 0.5) is 0 Å². The maximum Gasteiger partial charge on any atom is 0.253 e. The van der Waals surface area contributed by atoms with Gasteiger partial charge in [-0.2, -0.15) is 0 Å². The van der Waals surface area contributed by atoms with Gasteiger partial charge in [0.05, 0.1) is 10.6 Å². The molecule has 0 spiro atoms. The molecule has 2 rings (SSSR count). The van der Waals surface area contributed by atoms with Crippen LogP contribution in [0, 0.1) is 13.8 Å². The summed E-state index contributed by atoms with van der Waals surface area (Å²) in [4.78, 5) is 12.2. The molecule has 0 saturated carbocycles. The zero-order valence-corrected chi connectivity index (χ0v) is 12.8. The first kappa shape index (κ1) is 14.9. The predicted molar refractivity (Wildman–Crippen MR) is 83.5 cm³/mol. The van der Waals surface area contributed by atoms with Gasteiger partial charge in [0, 0.05) is 11.6 Å². The molecule has 0 aromatic heterocycles. The van der Waals surface area contributed by atoms with E-state index in [4.69, 9.17) is 23.2 Å². The number of hydrogen-bond donors (Lipinski definition) is 1. The molecule has 2 nitrogen and oxygen atoms in total. The molecule has 2 aromatic carbocycles. The lowest BCUT2D eigenvalue weighted by Gasteiger charge is -2.10. The molecule has 0 bridgehead atoms. The van der Waals surface area contributed by atoms with Gasteiger partial charge in [-0.05, 0) is 48.7 Å². The molecule has 0 aliphatic heterocycles. The third-order valence-electron chi connectivity index (χ3n) is 3.19. The Hall–Kier alpha value is -1.51. The maximum absolute atomic E-state index is 12.2. The van der Waals surface area contributed by atoms with Crippen LogP contribution in [0.2, 0.25) is 10.0 Å². The van der Waals surface area contributed by atoms with Crippen molar-refractivity contribution >= 4 is 29.1 Å². The molecular formula is C16H15Cl2NO. The molecule has 4 heteroatoms.